The first kappa shape index (κ1) is 18.9. The van der Waals surface area contributed by atoms with Crippen molar-refractivity contribution in [3.63, 3.8) is 0 Å². The number of rotatable bonds is 10. The van der Waals surface area contributed by atoms with E-state index in [0.717, 1.165) is 0 Å². The molecule has 2 unspecified atom stereocenters. The standard InChI is InChI=1S/C14H26O6/c1-4-11(15)13(17)19-8-6-10(3)7-9-20-14(18)12(16)5-2/h10-12,15-16H,4-9H2,1-3H3. The fourth-order valence-electron chi connectivity index (χ4n) is 1.39. The summed E-state index contributed by atoms with van der Waals surface area (Å²) in [7, 11) is 0. The maximum Gasteiger partial charge on any atom is 0.334 e. The van der Waals surface area contributed by atoms with E-state index in [1.165, 1.54) is 0 Å². The van der Waals surface area contributed by atoms with Gasteiger partial charge in [-0.1, -0.05) is 20.8 Å². The molecular formula is C14H26O6. The Balaban J connectivity index is 3.67. The Kier molecular flexibility index (Phi) is 10.0. The molecule has 0 aromatic carbocycles. The van der Waals surface area contributed by atoms with Crippen LogP contribution >= 0.6 is 0 Å². The average molecular weight is 290 g/mol. The van der Waals surface area contributed by atoms with E-state index in [-0.39, 0.29) is 19.1 Å². The molecule has 6 heteroatoms. The van der Waals surface area contributed by atoms with Gasteiger partial charge in [0.25, 0.3) is 0 Å². The first-order valence-corrected chi connectivity index (χ1v) is 7.11. The highest BCUT2D eigenvalue weighted by molar-refractivity contribution is 5.74. The van der Waals surface area contributed by atoms with E-state index in [2.05, 4.69) is 0 Å². The maximum absolute atomic E-state index is 11.2. The van der Waals surface area contributed by atoms with Gasteiger partial charge in [0.15, 0.2) is 12.2 Å². The summed E-state index contributed by atoms with van der Waals surface area (Å²) in [6.45, 7) is 5.83. The van der Waals surface area contributed by atoms with Crippen molar-refractivity contribution in [2.75, 3.05) is 13.2 Å². The van der Waals surface area contributed by atoms with E-state index in [0.29, 0.717) is 25.7 Å². The predicted molar refractivity (Wildman–Crippen MR) is 72.9 cm³/mol. The third-order valence-electron chi connectivity index (χ3n) is 3.03. The van der Waals surface area contributed by atoms with Crippen LogP contribution in [0.3, 0.4) is 0 Å². The second kappa shape index (κ2) is 10.6. The second-order valence-corrected chi connectivity index (χ2v) is 4.87. The van der Waals surface area contributed by atoms with Crippen LogP contribution in [0.1, 0.15) is 46.5 Å². The molecule has 20 heavy (non-hydrogen) atoms. The molecule has 0 radical (unpaired) electrons. The molecule has 0 aliphatic heterocycles. The molecule has 2 atom stereocenters. The van der Waals surface area contributed by atoms with Gasteiger partial charge in [0.1, 0.15) is 0 Å². The molecule has 6 nitrogen and oxygen atoms in total. The SMILES string of the molecule is CCC(O)C(=O)OCCC(C)CCOC(=O)C(O)CC. The normalized spacial score (nSPS) is 15.2. The van der Waals surface area contributed by atoms with Crippen molar-refractivity contribution in [3.8, 4) is 0 Å². The summed E-state index contributed by atoms with van der Waals surface area (Å²) in [6, 6.07) is 0. The minimum absolute atomic E-state index is 0.216. The smallest absolute Gasteiger partial charge is 0.334 e. The van der Waals surface area contributed by atoms with E-state index in [9.17, 15) is 19.8 Å². The molecule has 2 N–H and O–H groups in total. The van der Waals surface area contributed by atoms with E-state index in [1.54, 1.807) is 13.8 Å². The van der Waals surface area contributed by atoms with E-state index in [4.69, 9.17) is 9.47 Å². The molecule has 0 saturated heterocycles. The number of aliphatic hydroxyl groups is 2. The Morgan fingerprint density at radius 3 is 1.55 bits per heavy atom. The summed E-state index contributed by atoms with van der Waals surface area (Å²) in [5, 5.41) is 18.4. The van der Waals surface area contributed by atoms with Gasteiger partial charge in [-0.2, -0.15) is 0 Å². The zero-order valence-corrected chi connectivity index (χ0v) is 12.5. The summed E-state index contributed by atoms with van der Waals surface area (Å²) in [5.74, 6) is -0.984. The van der Waals surface area contributed by atoms with Gasteiger partial charge >= 0.3 is 11.9 Å². The molecule has 0 rings (SSSR count). The first-order chi connectivity index (χ1) is 9.42. The summed E-state index contributed by atoms with van der Waals surface area (Å²) in [5.41, 5.74) is 0. The van der Waals surface area contributed by atoms with Crippen molar-refractivity contribution in [1.82, 2.24) is 0 Å². The molecule has 0 aromatic heterocycles. The Hall–Kier alpha value is -1.14. The fraction of sp³-hybridized carbons (Fsp3) is 0.857. The van der Waals surface area contributed by atoms with E-state index >= 15 is 0 Å². The lowest BCUT2D eigenvalue weighted by atomic mass is 10.1. The number of hydrogen-bond donors (Lipinski definition) is 2. The highest BCUT2D eigenvalue weighted by atomic mass is 16.6. The molecule has 118 valence electrons. The lowest BCUT2D eigenvalue weighted by molar-refractivity contribution is -0.154. The number of carbonyl (C=O) groups excluding carboxylic acids is 2. The molecule has 0 fully saturated rings. The van der Waals surface area contributed by atoms with Crippen LogP contribution in [0, 0.1) is 5.92 Å². The maximum atomic E-state index is 11.2. The number of aliphatic hydroxyl groups excluding tert-OH is 2. The van der Waals surface area contributed by atoms with Crippen molar-refractivity contribution in [2.45, 2.75) is 58.7 Å². The van der Waals surface area contributed by atoms with Crippen LogP contribution in [0.5, 0.6) is 0 Å². The molecule has 0 aromatic rings. The van der Waals surface area contributed by atoms with Gasteiger partial charge < -0.3 is 19.7 Å². The summed E-state index contributed by atoms with van der Waals surface area (Å²) in [4.78, 5) is 22.4. The summed E-state index contributed by atoms with van der Waals surface area (Å²) < 4.78 is 9.82. The van der Waals surface area contributed by atoms with Crippen molar-refractivity contribution >= 4 is 11.9 Å². The van der Waals surface area contributed by atoms with Gasteiger partial charge in [-0.3, -0.25) is 0 Å². The van der Waals surface area contributed by atoms with Gasteiger partial charge in [-0.25, -0.2) is 9.59 Å². The fourth-order valence-corrected chi connectivity index (χ4v) is 1.39. The van der Waals surface area contributed by atoms with Gasteiger partial charge in [0.2, 0.25) is 0 Å². The molecule has 0 saturated carbocycles. The number of carbonyl (C=O) groups is 2. The molecular weight excluding hydrogens is 264 g/mol. The molecule has 0 spiro atoms. The Morgan fingerprint density at radius 1 is 0.900 bits per heavy atom. The van der Waals surface area contributed by atoms with E-state index < -0.39 is 24.1 Å². The summed E-state index contributed by atoms with van der Waals surface area (Å²) >= 11 is 0. The van der Waals surface area contributed by atoms with Gasteiger partial charge in [0, 0.05) is 0 Å². The number of esters is 2. The topological polar surface area (TPSA) is 93.1 Å². The average Bonchev–Trinajstić information content (AvgIpc) is 2.44. The molecule has 0 amide bonds. The minimum atomic E-state index is -1.05. The zero-order valence-electron chi connectivity index (χ0n) is 12.5. The quantitative estimate of drug-likeness (QED) is 0.584. The Bertz CT molecular complexity index is 263. The van der Waals surface area contributed by atoms with Gasteiger partial charge in [-0.15, -0.1) is 0 Å². The summed E-state index contributed by atoms with van der Waals surface area (Å²) in [6.07, 6.45) is -0.163. The molecule has 0 aliphatic carbocycles. The van der Waals surface area contributed by atoms with Crippen LogP contribution < -0.4 is 0 Å². The molecule has 0 aliphatic rings. The highest BCUT2D eigenvalue weighted by Gasteiger charge is 2.16. The lowest BCUT2D eigenvalue weighted by Crippen LogP contribution is -2.24. The monoisotopic (exact) mass is 290 g/mol. The van der Waals surface area contributed by atoms with Crippen LogP contribution in [-0.2, 0) is 19.1 Å². The predicted octanol–water partition coefficient (Wildman–Crippen LogP) is 1.03. The largest absolute Gasteiger partial charge is 0.464 e. The molecule has 0 heterocycles. The van der Waals surface area contributed by atoms with Crippen molar-refractivity contribution in [2.24, 2.45) is 5.92 Å². The Labute approximate surface area is 120 Å². The van der Waals surface area contributed by atoms with Crippen LogP contribution in [0.2, 0.25) is 0 Å². The Morgan fingerprint density at radius 2 is 1.25 bits per heavy atom. The highest BCUT2D eigenvalue weighted by Crippen LogP contribution is 2.09. The third-order valence-corrected chi connectivity index (χ3v) is 3.03. The lowest BCUT2D eigenvalue weighted by Gasteiger charge is -2.14. The number of ether oxygens (including phenoxy) is 2. The van der Waals surface area contributed by atoms with Crippen molar-refractivity contribution < 1.29 is 29.3 Å². The zero-order chi connectivity index (χ0) is 15.5. The van der Waals surface area contributed by atoms with Crippen LogP contribution in [0.15, 0.2) is 0 Å². The van der Waals surface area contributed by atoms with Gasteiger partial charge in [0.05, 0.1) is 13.2 Å². The third kappa shape index (κ3) is 8.12. The first-order valence-electron chi connectivity index (χ1n) is 7.11. The number of hydrogen-bond acceptors (Lipinski definition) is 6. The van der Waals surface area contributed by atoms with Crippen molar-refractivity contribution in [3.05, 3.63) is 0 Å². The van der Waals surface area contributed by atoms with Crippen LogP contribution in [0.4, 0.5) is 0 Å². The van der Waals surface area contributed by atoms with Crippen molar-refractivity contribution in [1.29, 1.82) is 0 Å². The van der Waals surface area contributed by atoms with E-state index in [1.807, 2.05) is 6.92 Å². The minimum Gasteiger partial charge on any atom is -0.464 e. The van der Waals surface area contributed by atoms with Crippen LogP contribution in [-0.4, -0.2) is 47.6 Å². The second-order valence-electron chi connectivity index (χ2n) is 4.87. The van der Waals surface area contributed by atoms with Gasteiger partial charge in [-0.05, 0) is 31.6 Å². The van der Waals surface area contributed by atoms with Crippen LogP contribution in [0.25, 0.3) is 0 Å². The molecule has 0 bridgehead atoms.